The predicted molar refractivity (Wildman–Crippen MR) is 65.9 cm³/mol. The quantitative estimate of drug-likeness (QED) is 0.866. The molecule has 0 aliphatic carbocycles. The molecule has 0 unspecified atom stereocenters. The van der Waals surface area contributed by atoms with Crippen LogP contribution in [0.3, 0.4) is 0 Å². The number of rotatable bonds is 2. The van der Waals surface area contributed by atoms with E-state index in [1.54, 1.807) is 37.4 Å². The SMILES string of the molecule is Cc1ncccc1C(=O)Nc1ccc(C#N)cn1. The highest BCUT2D eigenvalue weighted by Crippen LogP contribution is 2.09. The Morgan fingerprint density at radius 1 is 1.33 bits per heavy atom. The summed E-state index contributed by atoms with van der Waals surface area (Å²) in [5.74, 6) is 0.139. The van der Waals surface area contributed by atoms with E-state index < -0.39 is 0 Å². The van der Waals surface area contributed by atoms with Crippen LogP contribution in [0.15, 0.2) is 36.7 Å². The van der Waals surface area contributed by atoms with Crippen LogP contribution in [0.5, 0.6) is 0 Å². The minimum Gasteiger partial charge on any atom is -0.307 e. The zero-order valence-electron chi connectivity index (χ0n) is 9.71. The number of aryl methyl sites for hydroxylation is 1. The van der Waals surface area contributed by atoms with Crippen LogP contribution in [-0.2, 0) is 0 Å². The lowest BCUT2D eigenvalue weighted by Crippen LogP contribution is -2.14. The smallest absolute Gasteiger partial charge is 0.258 e. The molecule has 0 radical (unpaired) electrons. The van der Waals surface area contributed by atoms with Crippen molar-refractivity contribution in [1.29, 1.82) is 5.26 Å². The number of aromatic nitrogens is 2. The standard InChI is InChI=1S/C13H10N4O/c1-9-11(3-2-6-15-9)13(18)17-12-5-4-10(7-14)8-16-12/h2-6,8H,1H3,(H,16,17,18). The van der Waals surface area contributed by atoms with Gasteiger partial charge in [-0.05, 0) is 31.2 Å². The first kappa shape index (κ1) is 11.7. The summed E-state index contributed by atoms with van der Waals surface area (Å²) in [5.41, 5.74) is 1.61. The van der Waals surface area contributed by atoms with Crippen molar-refractivity contribution in [2.75, 3.05) is 5.32 Å². The van der Waals surface area contributed by atoms with E-state index in [0.29, 0.717) is 22.6 Å². The molecule has 0 saturated heterocycles. The van der Waals surface area contributed by atoms with Crippen molar-refractivity contribution < 1.29 is 4.79 Å². The van der Waals surface area contributed by atoms with E-state index in [1.165, 1.54) is 6.20 Å². The summed E-state index contributed by atoms with van der Waals surface area (Å²) < 4.78 is 0. The van der Waals surface area contributed by atoms with Crippen molar-refractivity contribution >= 4 is 11.7 Å². The highest BCUT2D eigenvalue weighted by Gasteiger charge is 2.09. The maximum absolute atomic E-state index is 11.9. The Hall–Kier alpha value is -2.74. The monoisotopic (exact) mass is 238 g/mol. The molecular formula is C13H10N4O. The summed E-state index contributed by atoms with van der Waals surface area (Å²) >= 11 is 0. The van der Waals surface area contributed by atoms with Crippen molar-refractivity contribution in [3.8, 4) is 6.07 Å². The maximum atomic E-state index is 11.9. The predicted octanol–water partition coefficient (Wildman–Crippen LogP) is 1.91. The lowest BCUT2D eigenvalue weighted by molar-refractivity contribution is 0.102. The van der Waals surface area contributed by atoms with Gasteiger partial charge in [0.1, 0.15) is 11.9 Å². The fraction of sp³-hybridized carbons (Fsp3) is 0.0769. The molecule has 88 valence electrons. The Labute approximate surface area is 104 Å². The van der Waals surface area contributed by atoms with Gasteiger partial charge in [-0.15, -0.1) is 0 Å². The third kappa shape index (κ3) is 2.50. The van der Waals surface area contributed by atoms with Gasteiger partial charge in [-0.3, -0.25) is 9.78 Å². The number of nitrogens with one attached hydrogen (secondary N) is 1. The maximum Gasteiger partial charge on any atom is 0.258 e. The molecule has 0 bridgehead atoms. The molecule has 0 aromatic carbocycles. The molecule has 0 fully saturated rings. The van der Waals surface area contributed by atoms with Crippen LogP contribution in [0.1, 0.15) is 21.6 Å². The molecule has 0 aliphatic rings. The number of carbonyl (C=O) groups is 1. The molecule has 2 aromatic heterocycles. The molecule has 1 N–H and O–H groups in total. The number of nitriles is 1. The van der Waals surface area contributed by atoms with Crippen molar-refractivity contribution in [3.63, 3.8) is 0 Å². The van der Waals surface area contributed by atoms with Crippen LogP contribution in [0.4, 0.5) is 5.82 Å². The van der Waals surface area contributed by atoms with Gasteiger partial charge in [0.15, 0.2) is 0 Å². The largest absolute Gasteiger partial charge is 0.307 e. The van der Waals surface area contributed by atoms with Crippen LogP contribution >= 0.6 is 0 Å². The second-order valence-electron chi connectivity index (χ2n) is 3.63. The molecule has 18 heavy (non-hydrogen) atoms. The summed E-state index contributed by atoms with van der Waals surface area (Å²) in [5, 5.41) is 11.3. The molecule has 5 nitrogen and oxygen atoms in total. The van der Waals surface area contributed by atoms with Crippen molar-refractivity contribution in [2.24, 2.45) is 0 Å². The van der Waals surface area contributed by atoms with Gasteiger partial charge in [0.25, 0.3) is 5.91 Å². The molecule has 0 saturated carbocycles. The van der Waals surface area contributed by atoms with Gasteiger partial charge < -0.3 is 5.32 Å². The van der Waals surface area contributed by atoms with Crippen LogP contribution in [-0.4, -0.2) is 15.9 Å². The molecule has 0 spiro atoms. The Kier molecular flexibility index (Phi) is 3.30. The first-order valence-electron chi connectivity index (χ1n) is 5.30. The Morgan fingerprint density at radius 2 is 2.17 bits per heavy atom. The van der Waals surface area contributed by atoms with E-state index in [-0.39, 0.29) is 5.91 Å². The second-order valence-corrected chi connectivity index (χ2v) is 3.63. The van der Waals surface area contributed by atoms with Gasteiger partial charge in [-0.2, -0.15) is 5.26 Å². The zero-order chi connectivity index (χ0) is 13.0. The van der Waals surface area contributed by atoms with E-state index in [4.69, 9.17) is 5.26 Å². The molecule has 2 rings (SSSR count). The van der Waals surface area contributed by atoms with Crippen molar-refractivity contribution in [2.45, 2.75) is 6.92 Å². The number of hydrogen-bond acceptors (Lipinski definition) is 4. The topological polar surface area (TPSA) is 78.7 Å². The average Bonchev–Trinajstić information content (AvgIpc) is 2.40. The Bertz CT molecular complexity index is 614. The first-order chi connectivity index (χ1) is 8.70. The van der Waals surface area contributed by atoms with Crippen LogP contribution in [0.2, 0.25) is 0 Å². The second kappa shape index (κ2) is 5.06. The normalized spacial score (nSPS) is 9.56. The van der Waals surface area contributed by atoms with E-state index in [9.17, 15) is 4.79 Å². The number of anilines is 1. The zero-order valence-corrected chi connectivity index (χ0v) is 9.71. The summed E-state index contributed by atoms with van der Waals surface area (Å²) in [6, 6.07) is 8.54. The van der Waals surface area contributed by atoms with E-state index >= 15 is 0 Å². The molecule has 0 aliphatic heterocycles. The number of amides is 1. The van der Waals surface area contributed by atoms with E-state index in [2.05, 4.69) is 15.3 Å². The first-order valence-corrected chi connectivity index (χ1v) is 5.30. The summed E-state index contributed by atoms with van der Waals surface area (Å²) in [6.45, 7) is 1.77. The van der Waals surface area contributed by atoms with Gasteiger partial charge >= 0.3 is 0 Å². The third-order valence-corrected chi connectivity index (χ3v) is 2.39. The van der Waals surface area contributed by atoms with Crippen LogP contribution < -0.4 is 5.32 Å². The number of pyridine rings is 2. The summed E-state index contributed by atoms with van der Waals surface area (Å²) in [6.07, 6.45) is 3.04. The molecule has 1 amide bonds. The molecule has 0 atom stereocenters. The highest BCUT2D eigenvalue weighted by atomic mass is 16.1. The van der Waals surface area contributed by atoms with Gasteiger partial charge in [0, 0.05) is 18.1 Å². The lowest BCUT2D eigenvalue weighted by Gasteiger charge is -2.05. The Morgan fingerprint density at radius 3 is 2.78 bits per heavy atom. The summed E-state index contributed by atoms with van der Waals surface area (Å²) in [7, 11) is 0. The van der Waals surface area contributed by atoms with E-state index in [0.717, 1.165) is 0 Å². The number of carbonyl (C=O) groups excluding carboxylic acids is 1. The minimum absolute atomic E-state index is 0.266. The number of nitrogens with zero attached hydrogens (tertiary/aromatic N) is 3. The average molecular weight is 238 g/mol. The third-order valence-electron chi connectivity index (χ3n) is 2.39. The molecular weight excluding hydrogens is 228 g/mol. The van der Waals surface area contributed by atoms with Crippen molar-refractivity contribution in [1.82, 2.24) is 9.97 Å². The summed E-state index contributed by atoms with van der Waals surface area (Å²) in [4.78, 5) is 19.9. The van der Waals surface area contributed by atoms with Crippen LogP contribution in [0, 0.1) is 18.3 Å². The fourth-order valence-corrected chi connectivity index (χ4v) is 1.44. The van der Waals surface area contributed by atoms with E-state index in [1.807, 2.05) is 6.07 Å². The van der Waals surface area contributed by atoms with Gasteiger partial charge in [-0.1, -0.05) is 0 Å². The highest BCUT2D eigenvalue weighted by molar-refractivity contribution is 6.04. The number of hydrogen-bond donors (Lipinski definition) is 1. The lowest BCUT2D eigenvalue weighted by atomic mass is 10.2. The molecule has 5 heteroatoms. The molecule has 2 heterocycles. The minimum atomic E-state index is -0.266. The van der Waals surface area contributed by atoms with Gasteiger partial charge in [0.05, 0.1) is 11.1 Å². The van der Waals surface area contributed by atoms with Crippen molar-refractivity contribution in [3.05, 3.63) is 53.5 Å². The van der Waals surface area contributed by atoms with Crippen LogP contribution in [0.25, 0.3) is 0 Å². The molecule has 2 aromatic rings. The Balaban J connectivity index is 2.17. The van der Waals surface area contributed by atoms with Gasteiger partial charge in [0.2, 0.25) is 0 Å². The fourth-order valence-electron chi connectivity index (χ4n) is 1.44. The van der Waals surface area contributed by atoms with Gasteiger partial charge in [-0.25, -0.2) is 4.98 Å².